The highest BCUT2D eigenvalue weighted by atomic mass is 35.5. The lowest BCUT2D eigenvalue weighted by molar-refractivity contribution is -0.113. The van der Waals surface area contributed by atoms with E-state index in [1.165, 1.54) is 11.8 Å². The minimum absolute atomic E-state index is 0.109. The Bertz CT molecular complexity index is 1310. The van der Waals surface area contributed by atoms with Crippen LogP contribution in [0.4, 0.5) is 5.69 Å². The van der Waals surface area contributed by atoms with Gasteiger partial charge in [-0.15, -0.1) is 10.2 Å². The average molecular weight is 543 g/mol. The smallest absolute Gasteiger partial charge is 0.234 e. The minimum atomic E-state index is -0.225. The van der Waals surface area contributed by atoms with E-state index >= 15 is 0 Å². The topological polar surface area (TPSA) is 78.3 Å². The van der Waals surface area contributed by atoms with Gasteiger partial charge in [0.1, 0.15) is 18.1 Å². The number of amides is 1. The molecule has 1 heterocycles. The van der Waals surface area contributed by atoms with E-state index < -0.39 is 0 Å². The maximum absolute atomic E-state index is 12.6. The summed E-state index contributed by atoms with van der Waals surface area (Å²) in [5.74, 6) is 1.98. The maximum atomic E-state index is 12.6. The standard InChI is InChI=1S/C26H24Cl2N4O3S/c1-3-34-22-10-6-21(7-11-22)32-24(15-35-23-8-4-17(2)5-9-23)30-31-26(32)36-16-25(33)29-20-13-18(27)12-19(28)14-20/h4-14H,3,15-16H2,1-2H3,(H,29,33). The number of aromatic nitrogens is 3. The van der Waals surface area contributed by atoms with E-state index in [4.69, 9.17) is 32.7 Å². The van der Waals surface area contributed by atoms with Gasteiger partial charge in [-0.1, -0.05) is 52.7 Å². The van der Waals surface area contributed by atoms with E-state index in [9.17, 15) is 4.79 Å². The van der Waals surface area contributed by atoms with E-state index in [1.54, 1.807) is 18.2 Å². The number of carbonyl (C=O) groups is 1. The highest BCUT2D eigenvalue weighted by Gasteiger charge is 2.17. The molecule has 4 rings (SSSR count). The predicted molar refractivity (Wildman–Crippen MR) is 144 cm³/mol. The summed E-state index contributed by atoms with van der Waals surface area (Å²) in [5.41, 5.74) is 2.51. The Labute approximate surface area is 223 Å². The van der Waals surface area contributed by atoms with Crippen molar-refractivity contribution in [3.05, 3.63) is 88.2 Å². The van der Waals surface area contributed by atoms with E-state index in [0.29, 0.717) is 33.3 Å². The van der Waals surface area contributed by atoms with Crippen LogP contribution in [0.25, 0.3) is 5.69 Å². The number of halogens is 2. The molecular weight excluding hydrogens is 519 g/mol. The summed E-state index contributed by atoms with van der Waals surface area (Å²) in [4.78, 5) is 12.6. The first-order valence-corrected chi connectivity index (χ1v) is 12.9. The number of benzene rings is 3. The molecule has 0 aliphatic heterocycles. The molecule has 0 bridgehead atoms. The molecule has 1 amide bonds. The van der Waals surface area contributed by atoms with Crippen LogP contribution >= 0.6 is 35.0 Å². The molecule has 0 aliphatic carbocycles. The van der Waals surface area contributed by atoms with Crippen molar-refractivity contribution >= 4 is 46.6 Å². The van der Waals surface area contributed by atoms with Gasteiger partial charge >= 0.3 is 0 Å². The maximum Gasteiger partial charge on any atom is 0.234 e. The first-order chi connectivity index (χ1) is 17.4. The van der Waals surface area contributed by atoms with Gasteiger partial charge in [0.05, 0.1) is 12.4 Å². The minimum Gasteiger partial charge on any atom is -0.494 e. The number of nitrogens with one attached hydrogen (secondary N) is 1. The van der Waals surface area contributed by atoms with Crippen LogP contribution in [0.15, 0.2) is 71.9 Å². The Kier molecular flexibility index (Phi) is 8.74. The fraction of sp³-hybridized carbons (Fsp3) is 0.192. The van der Waals surface area contributed by atoms with Crippen molar-refractivity contribution < 1.29 is 14.3 Å². The van der Waals surface area contributed by atoms with Crippen LogP contribution < -0.4 is 14.8 Å². The lowest BCUT2D eigenvalue weighted by atomic mass is 10.2. The average Bonchev–Trinajstić information content (AvgIpc) is 3.25. The molecule has 0 aliphatic rings. The van der Waals surface area contributed by atoms with Crippen LogP contribution in [0.3, 0.4) is 0 Å². The fourth-order valence-corrected chi connectivity index (χ4v) is 4.64. The Hall–Kier alpha value is -3.20. The number of aryl methyl sites for hydroxylation is 1. The molecule has 0 atom stereocenters. The van der Waals surface area contributed by atoms with Gasteiger partial charge in [-0.3, -0.25) is 9.36 Å². The number of thioether (sulfide) groups is 1. The Morgan fingerprint density at radius 3 is 2.25 bits per heavy atom. The SMILES string of the molecule is CCOc1ccc(-n2c(COc3ccc(C)cc3)nnc2SCC(=O)Nc2cc(Cl)cc(Cl)c2)cc1. The summed E-state index contributed by atoms with van der Waals surface area (Å²) in [6, 6.07) is 20.3. The zero-order valence-corrected chi connectivity index (χ0v) is 22.0. The van der Waals surface area contributed by atoms with Gasteiger partial charge in [-0.25, -0.2) is 0 Å². The van der Waals surface area contributed by atoms with Crippen molar-refractivity contribution in [2.24, 2.45) is 0 Å². The molecule has 3 aromatic carbocycles. The molecule has 0 radical (unpaired) electrons. The monoisotopic (exact) mass is 542 g/mol. The third-order valence-electron chi connectivity index (χ3n) is 4.97. The van der Waals surface area contributed by atoms with Crippen molar-refractivity contribution in [3.63, 3.8) is 0 Å². The lowest BCUT2D eigenvalue weighted by Gasteiger charge is -2.12. The quantitative estimate of drug-likeness (QED) is 0.228. The van der Waals surface area contributed by atoms with Crippen LogP contribution in [-0.2, 0) is 11.4 Å². The van der Waals surface area contributed by atoms with Crippen molar-refractivity contribution in [2.45, 2.75) is 25.6 Å². The molecule has 0 saturated carbocycles. The van der Waals surface area contributed by atoms with Gasteiger partial charge in [-0.2, -0.15) is 0 Å². The zero-order valence-electron chi connectivity index (χ0n) is 19.7. The second-order valence-corrected chi connectivity index (χ2v) is 9.57. The number of rotatable bonds is 10. The number of nitrogens with zero attached hydrogens (tertiary/aromatic N) is 3. The van der Waals surface area contributed by atoms with Gasteiger partial charge < -0.3 is 14.8 Å². The molecule has 0 spiro atoms. The molecule has 0 saturated heterocycles. The van der Waals surface area contributed by atoms with Crippen molar-refractivity contribution in [1.82, 2.24) is 14.8 Å². The third kappa shape index (κ3) is 6.94. The van der Waals surface area contributed by atoms with Crippen molar-refractivity contribution in [1.29, 1.82) is 0 Å². The van der Waals surface area contributed by atoms with Crippen LogP contribution in [0.1, 0.15) is 18.3 Å². The number of anilines is 1. The van der Waals surface area contributed by atoms with Gasteiger partial charge in [0.2, 0.25) is 5.91 Å². The van der Waals surface area contributed by atoms with E-state index in [1.807, 2.05) is 66.9 Å². The van der Waals surface area contributed by atoms with Gasteiger partial charge in [0.25, 0.3) is 0 Å². The first kappa shape index (κ1) is 25.9. The van der Waals surface area contributed by atoms with Crippen molar-refractivity contribution in [3.8, 4) is 17.2 Å². The lowest BCUT2D eigenvalue weighted by Crippen LogP contribution is -2.15. The largest absolute Gasteiger partial charge is 0.494 e. The molecule has 0 unspecified atom stereocenters. The molecule has 36 heavy (non-hydrogen) atoms. The summed E-state index contributed by atoms with van der Waals surface area (Å²) in [5, 5.41) is 12.9. The molecule has 7 nitrogen and oxygen atoms in total. The number of carbonyl (C=O) groups excluding carboxylic acids is 1. The number of hydrogen-bond donors (Lipinski definition) is 1. The molecule has 1 N–H and O–H groups in total. The fourth-order valence-electron chi connectivity index (χ4n) is 3.34. The molecule has 1 aromatic heterocycles. The Morgan fingerprint density at radius 2 is 1.58 bits per heavy atom. The molecular formula is C26H24Cl2N4O3S. The van der Waals surface area contributed by atoms with E-state index in [0.717, 1.165) is 22.7 Å². The van der Waals surface area contributed by atoms with E-state index in [-0.39, 0.29) is 18.3 Å². The highest BCUT2D eigenvalue weighted by Crippen LogP contribution is 2.26. The zero-order chi connectivity index (χ0) is 25.5. The van der Waals surface area contributed by atoms with E-state index in [2.05, 4.69) is 15.5 Å². The highest BCUT2D eigenvalue weighted by molar-refractivity contribution is 7.99. The third-order valence-corrected chi connectivity index (χ3v) is 6.34. The summed E-state index contributed by atoms with van der Waals surface area (Å²) in [6.45, 7) is 4.74. The molecule has 186 valence electrons. The first-order valence-electron chi connectivity index (χ1n) is 11.2. The van der Waals surface area contributed by atoms with Crippen LogP contribution in [0, 0.1) is 6.92 Å². The van der Waals surface area contributed by atoms with Crippen LogP contribution in [-0.4, -0.2) is 33.0 Å². The molecule has 10 heteroatoms. The molecule has 0 fully saturated rings. The number of ether oxygens (including phenoxy) is 2. The second kappa shape index (κ2) is 12.2. The summed E-state index contributed by atoms with van der Waals surface area (Å²) < 4.78 is 13.4. The Morgan fingerprint density at radius 1 is 0.944 bits per heavy atom. The summed E-state index contributed by atoms with van der Waals surface area (Å²) in [6.07, 6.45) is 0. The van der Waals surface area contributed by atoms with Gasteiger partial charge in [0.15, 0.2) is 11.0 Å². The van der Waals surface area contributed by atoms with Gasteiger partial charge in [0, 0.05) is 21.4 Å². The normalized spacial score (nSPS) is 10.8. The summed E-state index contributed by atoms with van der Waals surface area (Å²) in [7, 11) is 0. The number of hydrogen-bond acceptors (Lipinski definition) is 6. The van der Waals surface area contributed by atoms with Crippen LogP contribution in [0.2, 0.25) is 10.0 Å². The second-order valence-electron chi connectivity index (χ2n) is 7.76. The van der Waals surface area contributed by atoms with Gasteiger partial charge in [-0.05, 0) is 68.4 Å². The van der Waals surface area contributed by atoms with Crippen LogP contribution in [0.5, 0.6) is 11.5 Å². The molecule has 4 aromatic rings. The Balaban J connectivity index is 1.52. The predicted octanol–water partition coefficient (Wildman–Crippen LogP) is 6.59. The van der Waals surface area contributed by atoms with Crippen molar-refractivity contribution in [2.75, 3.05) is 17.7 Å². The summed E-state index contributed by atoms with van der Waals surface area (Å²) >= 11 is 13.3.